The van der Waals surface area contributed by atoms with Gasteiger partial charge in [0.25, 0.3) is 0 Å². The van der Waals surface area contributed by atoms with Crippen molar-refractivity contribution in [1.29, 1.82) is 0 Å². The van der Waals surface area contributed by atoms with Crippen LogP contribution in [0.25, 0.3) is 0 Å². The van der Waals surface area contributed by atoms with E-state index in [1.807, 2.05) is 6.92 Å². The number of nitrogens with zero attached hydrogens (tertiary/aromatic N) is 1. The zero-order chi connectivity index (χ0) is 12.1. The number of likely N-dealkylation sites (N-methyl/N-ethyl adjacent to an activating group) is 1. The minimum absolute atomic E-state index is 0.00648. The number of carboxylic acids is 1. The SMILES string of the molecule is CC(Cc1ccccc1F)N(C)CC(=O)O. The zero-order valence-corrected chi connectivity index (χ0v) is 9.48. The molecule has 0 spiro atoms. The number of carbonyl (C=O) groups is 1. The Morgan fingerprint density at radius 3 is 2.69 bits per heavy atom. The molecule has 0 amide bonds. The van der Waals surface area contributed by atoms with E-state index in [2.05, 4.69) is 0 Å². The number of aliphatic carboxylic acids is 1. The summed E-state index contributed by atoms with van der Waals surface area (Å²) in [7, 11) is 1.72. The Kier molecular flexibility index (Phi) is 4.43. The van der Waals surface area contributed by atoms with Crippen LogP contribution in [-0.4, -0.2) is 35.6 Å². The first-order valence-corrected chi connectivity index (χ1v) is 5.16. The van der Waals surface area contributed by atoms with Crippen molar-refractivity contribution in [2.24, 2.45) is 0 Å². The van der Waals surface area contributed by atoms with Gasteiger partial charge >= 0.3 is 5.97 Å². The van der Waals surface area contributed by atoms with Crippen LogP contribution in [0.2, 0.25) is 0 Å². The Balaban J connectivity index is 2.60. The maximum absolute atomic E-state index is 13.3. The molecule has 0 bridgehead atoms. The van der Waals surface area contributed by atoms with E-state index in [9.17, 15) is 9.18 Å². The Hall–Kier alpha value is -1.42. The number of carboxylic acid groups (broad SMARTS) is 1. The first kappa shape index (κ1) is 12.6. The molecule has 1 atom stereocenters. The molecule has 88 valence electrons. The molecule has 1 N–H and O–H groups in total. The standard InChI is InChI=1S/C12H16FNO2/c1-9(14(2)8-12(15)16)7-10-5-3-4-6-11(10)13/h3-6,9H,7-8H2,1-2H3,(H,15,16). The van der Waals surface area contributed by atoms with Crippen LogP contribution >= 0.6 is 0 Å². The van der Waals surface area contributed by atoms with E-state index >= 15 is 0 Å². The summed E-state index contributed by atoms with van der Waals surface area (Å²) in [6, 6.07) is 6.56. The largest absolute Gasteiger partial charge is 0.480 e. The molecule has 0 aliphatic carbocycles. The van der Waals surface area contributed by atoms with Gasteiger partial charge in [0.05, 0.1) is 6.54 Å². The van der Waals surface area contributed by atoms with Gasteiger partial charge < -0.3 is 5.11 Å². The summed E-state index contributed by atoms with van der Waals surface area (Å²) in [5, 5.41) is 8.64. The van der Waals surface area contributed by atoms with Crippen molar-refractivity contribution in [1.82, 2.24) is 4.90 Å². The monoisotopic (exact) mass is 225 g/mol. The average molecular weight is 225 g/mol. The highest BCUT2D eigenvalue weighted by molar-refractivity contribution is 5.69. The predicted octanol–water partition coefficient (Wildman–Crippen LogP) is 1.77. The van der Waals surface area contributed by atoms with Crippen LogP contribution < -0.4 is 0 Å². The molecule has 0 saturated heterocycles. The second-order valence-corrected chi connectivity index (χ2v) is 3.95. The molecule has 0 aliphatic rings. The molecule has 0 saturated carbocycles. The molecule has 4 heteroatoms. The zero-order valence-electron chi connectivity index (χ0n) is 9.48. The smallest absolute Gasteiger partial charge is 0.317 e. The van der Waals surface area contributed by atoms with Crippen molar-refractivity contribution in [2.45, 2.75) is 19.4 Å². The van der Waals surface area contributed by atoms with Gasteiger partial charge in [-0.25, -0.2) is 4.39 Å². The van der Waals surface area contributed by atoms with Crippen molar-refractivity contribution in [3.8, 4) is 0 Å². The molecular weight excluding hydrogens is 209 g/mol. The fraction of sp³-hybridized carbons (Fsp3) is 0.417. The first-order chi connectivity index (χ1) is 7.50. The van der Waals surface area contributed by atoms with Crippen molar-refractivity contribution < 1.29 is 14.3 Å². The number of halogens is 1. The van der Waals surface area contributed by atoms with Crippen molar-refractivity contribution >= 4 is 5.97 Å². The summed E-state index contributed by atoms with van der Waals surface area (Å²) in [4.78, 5) is 12.2. The molecule has 1 rings (SSSR count). The molecule has 0 fully saturated rings. The molecular formula is C12H16FNO2. The number of benzene rings is 1. The van der Waals surface area contributed by atoms with E-state index in [1.165, 1.54) is 6.07 Å². The van der Waals surface area contributed by atoms with Gasteiger partial charge in [0.1, 0.15) is 5.82 Å². The lowest BCUT2D eigenvalue weighted by atomic mass is 10.1. The minimum atomic E-state index is -0.872. The van der Waals surface area contributed by atoms with E-state index < -0.39 is 5.97 Å². The number of rotatable bonds is 5. The van der Waals surface area contributed by atoms with Crippen molar-refractivity contribution in [3.63, 3.8) is 0 Å². The lowest BCUT2D eigenvalue weighted by Crippen LogP contribution is -2.35. The van der Waals surface area contributed by atoms with Gasteiger partial charge in [-0.05, 0) is 32.0 Å². The number of hydrogen-bond acceptors (Lipinski definition) is 2. The van der Waals surface area contributed by atoms with Crippen LogP contribution in [0.4, 0.5) is 4.39 Å². The summed E-state index contributed by atoms with van der Waals surface area (Å²) >= 11 is 0. The van der Waals surface area contributed by atoms with E-state index in [0.717, 1.165) is 0 Å². The maximum atomic E-state index is 13.3. The van der Waals surface area contributed by atoms with Gasteiger partial charge in [-0.3, -0.25) is 9.69 Å². The molecule has 3 nitrogen and oxygen atoms in total. The molecule has 0 aliphatic heterocycles. The van der Waals surface area contributed by atoms with E-state index in [0.29, 0.717) is 12.0 Å². The van der Waals surface area contributed by atoms with Gasteiger partial charge in [-0.2, -0.15) is 0 Å². The topological polar surface area (TPSA) is 40.5 Å². The van der Waals surface area contributed by atoms with E-state index in [1.54, 1.807) is 30.1 Å². The van der Waals surface area contributed by atoms with Gasteiger partial charge in [0.2, 0.25) is 0 Å². The predicted molar refractivity (Wildman–Crippen MR) is 59.8 cm³/mol. The van der Waals surface area contributed by atoms with Crippen LogP contribution in [0.1, 0.15) is 12.5 Å². The number of hydrogen-bond donors (Lipinski definition) is 1. The van der Waals surface area contributed by atoms with Crippen molar-refractivity contribution in [3.05, 3.63) is 35.6 Å². The van der Waals surface area contributed by atoms with Crippen LogP contribution in [0.15, 0.2) is 24.3 Å². The third kappa shape index (κ3) is 3.62. The fourth-order valence-electron chi connectivity index (χ4n) is 1.51. The molecule has 0 aromatic heterocycles. The van der Waals surface area contributed by atoms with Crippen LogP contribution in [0, 0.1) is 5.82 Å². The fourth-order valence-corrected chi connectivity index (χ4v) is 1.51. The summed E-state index contributed by atoms with van der Waals surface area (Å²) in [5.41, 5.74) is 0.618. The van der Waals surface area contributed by atoms with Crippen LogP contribution in [0.3, 0.4) is 0 Å². The Labute approximate surface area is 94.5 Å². The van der Waals surface area contributed by atoms with E-state index in [-0.39, 0.29) is 18.4 Å². The second-order valence-electron chi connectivity index (χ2n) is 3.95. The molecule has 1 aromatic rings. The van der Waals surface area contributed by atoms with Crippen LogP contribution in [0.5, 0.6) is 0 Å². The van der Waals surface area contributed by atoms with Gasteiger partial charge in [-0.1, -0.05) is 18.2 Å². The van der Waals surface area contributed by atoms with Gasteiger partial charge in [0.15, 0.2) is 0 Å². The molecule has 1 unspecified atom stereocenters. The third-order valence-corrected chi connectivity index (χ3v) is 2.61. The van der Waals surface area contributed by atoms with E-state index in [4.69, 9.17) is 5.11 Å². The minimum Gasteiger partial charge on any atom is -0.480 e. The summed E-state index contributed by atoms with van der Waals surface area (Å²) in [6.07, 6.45) is 0.510. The highest BCUT2D eigenvalue weighted by atomic mass is 19.1. The maximum Gasteiger partial charge on any atom is 0.317 e. The lowest BCUT2D eigenvalue weighted by molar-refractivity contribution is -0.138. The third-order valence-electron chi connectivity index (χ3n) is 2.61. The second kappa shape index (κ2) is 5.61. The lowest BCUT2D eigenvalue weighted by Gasteiger charge is -2.22. The molecule has 0 radical (unpaired) electrons. The summed E-state index contributed by atoms with van der Waals surface area (Å²) in [6.45, 7) is 1.85. The highest BCUT2D eigenvalue weighted by Gasteiger charge is 2.14. The normalized spacial score (nSPS) is 12.8. The summed E-state index contributed by atoms with van der Waals surface area (Å²) < 4.78 is 13.3. The van der Waals surface area contributed by atoms with Gasteiger partial charge in [0, 0.05) is 6.04 Å². The van der Waals surface area contributed by atoms with Crippen molar-refractivity contribution in [2.75, 3.05) is 13.6 Å². The Bertz CT molecular complexity index is 368. The molecule has 0 heterocycles. The average Bonchev–Trinajstić information content (AvgIpc) is 2.20. The first-order valence-electron chi connectivity index (χ1n) is 5.16. The highest BCUT2D eigenvalue weighted by Crippen LogP contribution is 2.11. The summed E-state index contributed by atoms with van der Waals surface area (Å²) in [5.74, 6) is -1.11. The molecule has 1 aromatic carbocycles. The quantitative estimate of drug-likeness (QED) is 0.830. The van der Waals surface area contributed by atoms with Crippen LogP contribution in [-0.2, 0) is 11.2 Å². The Morgan fingerprint density at radius 1 is 1.50 bits per heavy atom. The Morgan fingerprint density at radius 2 is 2.12 bits per heavy atom. The van der Waals surface area contributed by atoms with Gasteiger partial charge in [-0.15, -0.1) is 0 Å². The molecule has 16 heavy (non-hydrogen) atoms.